The van der Waals surface area contributed by atoms with Crippen LogP contribution in [0.15, 0.2) is 24.5 Å². The van der Waals surface area contributed by atoms with Crippen molar-refractivity contribution in [3.8, 4) is 11.3 Å². The minimum atomic E-state index is 0.393. The third-order valence-electron chi connectivity index (χ3n) is 3.30. The van der Waals surface area contributed by atoms with Gasteiger partial charge in [0.25, 0.3) is 0 Å². The van der Waals surface area contributed by atoms with Crippen LogP contribution in [0, 0.1) is 0 Å². The number of aryl methyl sites for hydroxylation is 1. The molecule has 2 aromatic heterocycles. The van der Waals surface area contributed by atoms with Gasteiger partial charge in [0.05, 0.1) is 5.69 Å². The van der Waals surface area contributed by atoms with Gasteiger partial charge in [0.1, 0.15) is 0 Å². The Morgan fingerprint density at radius 3 is 2.60 bits per heavy atom. The van der Waals surface area contributed by atoms with Crippen LogP contribution < -0.4 is 0 Å². The van der Waals surface area contributed by atoms with E-state index in [2.05, 4.69) is 22.2 Å². The van der Waals surface area contributed by atoms with E-state index in [0.29, 0.717) is 5.69 Å². The first-order valence-corrected chi connectivity index (χ1v) is 7.16. The van der Waals surface area contributed by atoms with Gasteiger partial charge in [-0.15, -0.1) is 5.10 Å². The predicted molar refractivity (Wildman–Crippen MR) is 77.4 cm³/mol. The predicted octanol–water partition coefficient (Wildman–Crippen LogP) is 3.12. The molecule has 2 rings (SSSR count). The highest BCUT2D eigenvalue weighted by molar-refractivity contribution is 5.83. The van der Waals surface area contributed by atoms with Gasteiger partial charge >= 0.3 is 0 Å². The van der Waals surface area contributed by atoms with Gasteiger partial charge in [0.2, 0.25) is 0 Å². The minimum Gasteiger partial charge on any atom is -0.296 e. The Bertz CT molecular complexity index is 536. The number of aldehydes is 1. The van der Waals surface area contributed by atoms with E-state index in [1.807, 2.05) is 16.8 Å². The lowest BCUT2D eigenvalue weighted by atomic mass is 10.1. The van der Waals surface area contributed by atoms with Gasteiger partial charge < -0.3 is 0 Å². The number of hydrogen-bond donors (Lipinski definition) is 0. The van der Waals surface area contributed by atoms with Crippen LogP contribution in [0.5, 0.6) is 0 Å². The first kappa shape index (κ1) is 14.4. The number of nitrogens with zero attached hydrogens (tertiary/aromatic N) is 4. The number of carbonyl (C=O) groups excluding carboxylic acids is 1. The lowest BCUT2D eigenvalue weighted by Gasteiger charge is -2.06. The molecule has 5 heteroatoms. The van der Waals surface area contributed by atoms with Crippen LogP contribution in [0.25, 0.3) is 11.3 Å². The summed E-state index contributed by atoms with van der Waals surface area (Å²) in [6, 6.07) is 3.75. The molecule has 106 valence electrons. The zero-order chi connectivity index (χ0) is 14.2. The van der Waals surface area contributed by atoms with E-state index in [9.17, 15) is 4.79 Å². The number of rotatable bonds is 8. The molecule has 2 aromatic rings. The highest BCUT2D eigenvalue weighted by Gasteiger charge is 2.13. The van der Waals surface area contributed by atoms with E-state index >= 15 is 0 Å². The average molecular weight is 272 g/mol. The lowest BCUT2D eigenvalue weighted by Crippen LogP contribution is -2.03. The number of pyridine rings is 1. The second-order valence-corrected chi connectivity index (χ2v) is 4.81. The van der Waals surface area contributed by atoms with Crippen molar-refractivity contribution >= 4 is 6.29 Å². The van der Waals surface area contributed by atoms with Gasteiger partial charge in [-0.05, 0) is 18.6 Å². The largest absolute Gasteiger partial charge is 0.296 e. The highest BCUT2D eigenvalue weighted by Crippen LogP contribution is 2.21. The molecule has 0 bridgehead atoms. The molecule has 0 radical (unpaired) electrons. The minimum absolute atomic E-state index is 0.393. The molecule has 20 heavy (non-hydrogen) atoms. The Balaban J connectivity index is 2.10. The van der Waals surface area contributed by atoms with Gasteiger partial charge in [0.15, 0.2) is 12.0 Å². The quantitative estimate of drug-likeness (QED) is 0.547. The Hall–Kier alpha value is -2.04. The van der Waals surface area contributed by atoms with Crippen molar-refractivity contribution in [1.29, 1.82) is 0 Å². The standard InChI is InChI=1S/C15H20N4O/c1-2-3-4-5-6-11-19-15(14(12-20)17-18-19)13-7-9-16-10-8-13/h7-10,12H,2-6,11H2,1H3. The molecule has 0 atom stereocenters. The maximum absolute atomic E-state index is 11.1. The molecule has 0 saturated heterocycles. The molecule has 2 heterocycles. The van der Waals surface area contributed by atoms with Crippen LogP contribution in [0.3, 0.4) is 0 Å². The molecule has 0 N–H and O–H groups in total. The normalized spacial score (nSPS) is 10.7. The Labute approximate surface area is 119 Å². The van der Waals surface area contributed by atoms with Crippen molar-refractivity contribution in [3.05, 3.63) is 30.2 Å². The van der Waals surface area contributed by atoms with Crippen molar-refractivity contribution in [2.75, 3.05) is 0 Å². The number of carbonyl (C=O) groups is 1. The topological polar surface area (TPSA) is 60.7 Å². The Morgan fingerprint density at radius 1 is 1.15 bits per heavy atom. The molecule has 0 amide bonds. The lowest BCUT2D eigenvalue weighted by molar-refractivity contribution is 0.111. The number of hydrogen-bond acceptors (Lipinski definition) is 4. The summed E-state index contributed by atoms with van der Waals surface area (Å²) in [5.74, 6) is 0. The van der Waals surface area contributed by atoms with Crippen LogP contribution in [-0.2, 0) is 6.54 Å². The van der Waals surface area contributed by atoms with Gasteiger partial charge in [-0.1, -0.05) is 37.8 Å². The van der Waals surface area contributed by atoms with E-state index in [1.165, 1.54) is 25.7 Å². The summed E-state index contributed by atoms with van der Waals surface area (Å²) in [6.45, 7) is 3.00. The van der Waals surface area contributed by atoms with Crippen molar-refractivity contribution in [2.24, 2.45) is 0 Å². The average Bonchev–Trinajstić information content (AvgIpc) is 2.91. The zero-order valence-corrected chi connectivity index (χ0v) is 11.8. The SMILES string of the molecule is CCCCCCCn1nnc(C=O)c1-c1ccncc1. The Morgan fingerprint density at radius 2 is 1.90 bits per heavy atom. The number of unbranched alkanes of at least 4 members (excludes halogenated alkanes) is 4. The third kappa shape index (κ3) is 3.50. The van der Waals surface area contributed by atoms with Gasteiger partial charge in [-0.2, -0.15) is 0 Å². The third-order valence-corrected chi connectivity index (χ3v) is 3.30. The van der Waals surface area contributed by atoms with Gasteiger partial charge in [0, 0.05) is 24.5 Å². The van der Waals surface area contributed by atoms with E-state index < -0.39 is 0 Å². The molecular formula is C15H20N4O. The summed E-state index contributed by atoms with van der Waals surface area (Å²) < 4.78 is 1.82. The summed E-state index contributed by atoms with van der Waals surface area (Å²) in [5.41, 5.74) is 2.11. The van der Waals surface area contributed by atoms with Crippen LogP contribution >= 0.6 is 0 Å². The summed E-state index contributed by atoms with van der Waals surface area (Å²) in [7, 11) is 0. The van der Waals surface area contributed by atoms with Crippen LogP contribution in [-0.4, -0.2) is 26.3 Å². The molecule has 0 saturated carbocycles. The molecule has 0 aliphatic heterocycles. The fraction of sp³-hybridized carbons (Fsp3) is 0.467. The molecule has 0 aliphatic rings. The van der Waals surface area contributed by atoms with E-state index in [0.717, 1.165) is 30.5 Å². The summed E-state index contributed by atoms with van der Waals surface area (Å²) in [5, 5.41) is 8.05. The van der Waals surface area contributed by atoms with E-state index in [1.54, 1.807) is 12.4 Å². The molecule has 0 aromatic carbocycles. The second kappa shape index (κ2) is 7.53. The Kier molecular flexibility index (Phi) is 5.41. The van der Waals surface area contributed by atoms with Crippen LogP contribution in [0.4, 0.5) is 0 Å². The van der Waals surface area contributed by atoms with Crippen LogP contribution in [0.1, 0.15) is 49.5 Å². The molecule has 0 fully saturated rings. The maximum atomic E-state index is 11.1. The molecule has 0 unspecified atom stereocenters. The van der Waals surface area contributed by atoms with Crippen LogP contribution in [0.2, 0.25) is 0 Å². The summed E-state index contributed by atoms with van der Waals surface area (Å²) in [6.07, 6.45) is 10.2. The first-order chi connectivity index (χ1) is 9.86. The van der Waals surface area contributed by atoms with E-state index in [4.69, 9.17) is 0 Å². The summed E-state index contributed by atoms with van der Waals surface area (Å²) in [4.78, 5) is 15.1. The molecule has 0 aliphatic carbocycles. The molecule has 5 nitrogen and oxygen atoms in total. The zero-order valence-electron chi connectivity index (χ0n) is 11.8. The second-order valence-electron chi connectivity index (χ2n) is 4.81. The van der Waals surface area contributed by atoms with Crippen molar-refractivity contribution in [1.82, 2.24) is 20.0 Å². The van der Waals surface area contributed by atoms with Gasteiger partial charge in [-0.25, -0.2) is 4.68 Å². The molecule has 0 spiro atoms. The maximum Gasteiger partial charge on any atom is 0.172 e. The monoisotopic (exact) mass is 272 g/mol. The first-order valence-electron chi connectivity index (χ1n) is 7.16. The fourth-order valence-electron chi connectivity index (χ4n) is 2.23. The number of aromatic nitrogens is 4. The highest BCUT2D eigenvalue weighted by atomic mass is 16.1. The van der Waals surface area contributed by atoms with Gasteiger partial charge in [-0.3, -0.25) is 9.78 Å². The van der Waals surface area contributed by atoms with E-state index in [-0.39, 0.29) is 0 Å². The fourth-order valence-corrected chi connectivity index (χ4v) is 2.23. The van der Waals surface area contributed by atoms with Crippen molar-refractivity contribution in [3.63, 3.8) is 0 Å². The molecular weight excluding hydrogens is 252 g/mol. The van der Waals surface area contributed by atoms with Crippen molar-refractivity contribution < 1.29 is 4.79 Å². The smallest absolute Gasteiger partial charge is 0.172 e. The van der Waals surface area contributed by atoms with Crippen molar-refractivity contribution in [2.45, 2.75) is 45.6 Å². The summed E-state index contributed by atoms with van der Waals surface area (Å²) >= 11 is 0.